The predicted octanol–water partition coefficient (Wildman–Crippen LogP) is 4.26. The number of aromatic nitrogens is 4. The standard InChI is InChI=1S/C21H20N4O2S2/c1-12(2)11-28-21-23-22-20-24(13-7-9-14(27-3)10-8-13)18(26)17-15-5-4-6-16(15)29-19(17)25(20)21/h7-10H,1,4-6,11H2,2-3H3. The Balaban J connectivity index is 1.84. The molecule has 0 radical (unpaired) electrons. The molecule has 8 heteroatoms. The molecule has 3 aromatic heterocycles. The second kappa shape index (κ2) is 7.03. The van der Waals surface area contributed by atoms with Gasteiger partial charge in [0.05, 0.1) is 18.2 Å². The Kier molecular flexibility index (Phi) is 4.48. The minimum Gasteiger partial charge on any atom is -0.497 e. The molecule has 148 valence electrons. The van der Waals surface area contributed by atoms with Crippen LogP contribution in [0.4, 0.5) is 0 Å². The molecule has 0 bridgehead atoms. The molecule has 1 aliphatic carbocycles. The maximum absolute atomic E-state index is 13.6. The number of thiophene rings is 1. The molecule has 1 aliphatic rings. The quantitative estimate of drug-likeness (QED) is 0.354. The highest BCUT2D eigenvalue weighted by atomic mass is 32.2. The molecule has 0 saturated carbocycles. The van der Waals surface area contributed by atoms with Crippen LogP contribution in [0.1, 0.15) is 23.8 Å². The van der Waals surface area contributed by atoms with Crippen LogP contribution in [0.5, 0.6) is 5.75 Å². The zero-order valence-electron chi connectivity index (χ0n) is 16.3. The number of methoxy groups -OCH3 is 1. The molecule has 6 nitrogen and oxygen atoms in total. The molecular weight excluding hydrogens is 404 g/mol. The Morgan fingerprint density at radius 2 is 2.07 bits per heavy atom. The van der Waals surface area contributed by atoms with Gasteiger partial charge in [0.2, 0.25) is 5.78 Å². The van der Waals surface area contributed by atoms with Crippen molar-refractivity contribution < 1.29 is 4.74 Å². The van der Waals surface area contributed by atoms with Crippen LogP contribution in [0.15, 0.2) is 46.4 Å². The van der Waals surface area contributed by atoms with Crippen LogP contribution in [-0.2, 0) is 12.8 Å². The van der Waals surface area contributed by atoms with Crippen molar-refractivity contribution in [2.24, 2.45) is 0 Å². The van der Waals surface area contributed by atoms with Crippen LogP contribution in [0, 0.1) is 0 Å². The summed E-state index contributed by atoms with van der Waals surface area (Å²) in [6, 6.07) is 7.48. The van der Waals surface area contributed by atoms with E-state index in [1.165, 1.54) is 10.4 Å². The number of fused-ring (bicyclic) bond motifs is 5. The average molecular weight is 425 g/mol. The number of nitrogens with zero attached hydrogens (tertiary/aromatic N) is 4. The molecular formula is C21H20N4O2S2. The zero-order valence-corrected chi connectivity index (χ0v) is 17.9. The third kappa shape index (κ3) is 2.89. The molecule has 0 amide bonds. The van der Waals surface area contributed by atoms with E-state index in [2.05, 4.69) is 16.8 Å². The number of thioether (sulfide) groups is 1. The Hall–Kier alpha value is -2.58. The number of ether oxygens (including phenoxy) is 1. The minimum absolute atomic E-state index is 0.0269. The van der Waals surface area contributed by atoms with Gasteiger partial charge in [-0.1, -0.05) is 23.9 Å². The van der Waals surface area contributed by atoms with Crippen molar-refractivity contribution in [3.63, 3.8) is 0 Å². The topological polar surface area (TPSA) is 61.4 Å². The molecule has 0 unspecified atom stereocenters. The fourth-order valence-corrected chi connectivity index (χ4v) is 6.01. The zero-order chi connectivity index (χ0) is 20.1. The predicted molar refractivity (Wildman–Crippen MR) is 118 cm³/mol. The van der Waals surface area contributed by atoms with Gasteiger partial charge in [-0.15, -0.1) is 21.5 Å². The van der Waals surface area contributed by atoms with Gasteiger partial charge < -0.3 is 4.74 Å². The average Bonchev–Trinajstić information content (AvgIpc) is 3.40. The van der Waals surface area contributed by atoms with E-state index in [0.29, 0.717) is 5.78 Å². The number of hydrogen-bond acceptors (Lipinski definition) is 6. The molecule has 5 rings (SSSR count). The number of benzene rings is 1. The van der Waals surface area contributed by atoms with E-state index in [9.17, 15) is 4.79 Å². The van der Waals surface area contributed by atoms with Crippen molar-refractivity contribution in [3.05, 3.63) is 57.2 Å². The lowest BCUT2D eigenvalue weighted by atomic mass is 10.2. The van der Waals surface area contributed by atoms with E-state index in [-0.39, 0.29) is 5.56 Å². The first-order valence-corrected chi connectivity index (χ1v) is 11.2. The van der Waals surface area contributed by atoms with Crippen molar-refractivity contribution in [1.29, 1.82) is 0 Å². The maximum atomic E-state index is 13.6. The van der Waals surface area contributed by atoms with Crippen molar-refractivity contribution in [2.75, 3.05) is 12.9 Å². The SMILES string of the molecule is C=C(C)CSc1nnc2n(-c3ccc(OC)cc3)c(=O)c3c4c(sc3n12)CCC4. The van der Waals surface area contributed by atoms with Crippen molar-refractivity contribution >= 4 is 39.1 Å². The van der Waals surface area contributed by atoms with E-state index in [1.807, 2.05) is 35.6 Å². The normalized spacial score (nSPS) is 13.3. The van der Waals surface area contributed by atoms with Gasteiger partial charge in [0.1, 0.15) is 10.6 Å². The van der Waals surface area contributed by atoms with Crippen LogP contribution in [0.3, 0.4) is 0 Å². The highest BCUT2D eigenvalue weighted by Gasteiger charge is 2.26. The Bertz CT molecular complexity index is 1310. The maximum Gasteiger partial charge on any atom is 0.268 e. The third-order valence-electron chi connectivity index (χ3n) is 5.12. The largest absolute Gasteiger partial charge is 0.497 e. The van der Waals surface area contributed by atoms with Crippen LogP contribution in [-0.4, -0.2) is 32.0 Å². The summed E-state index contributed by atoms with van der Waals surface area (Å²) in [6.45, 7) is 5.99. The third-order valence-corrected chi connectivity index (χ3v) is 7.55. The van der Waals surface area contributed by atoms with Crippen LogP contribution in [0.25, 0.3) is 21.7 Å². The molecule has 0 atom stereocenters. The summed E-state index contributed by atoms with van der Waals surface area (Å²) in [5.74, 6) is 2.04. The monoisotopic (exact) mass is 424 g/mol. The fraction of sp³-hybridized carbons (Fsp3) is 0.286. The van der Waals surface area contributed by atoms with Gasteiger partial charge in [0.25, 0.3) is 5.56 Å². The van der Waals surface area contributed by atoms with Gasteiger partial charge in [0.15, 0.2) is 5.16 Å². The van der Waals surface area contributed by atoms with Gasteiger partial charge in [0, 0.05) is 10.6 Å². The van der Waals surface area contributed by atoms with Crippen LogP contribution >= 0.6 is 23.1 Å². The first-order valence-electron chi connectivity index (χ1n) is 9.44. The smallest absolute Gasteiger partial charge is 0.268 e. The van der Waals surface area contributed by atoms with Gasteiger partial charge in [-0.05, 0) is 56.0 Å². The van der Waals surface area contributed by atoms with E-state index in [0.717, 1.165) is 57.4 Å². The second-order valence-electron chi connectivity index (χ2n) is 7.24. The lowest BCUT2D eigenvalue weighted by Gasteiger charge is -2.10. The Labute approximate surface area is 175 Å². The summed E-state index contributed by atoms with van der Waals surface area (Å²) in [7, 11) is 1.63. The summed E-state index contributed by atoms with van der Waals surface area (Å²) in [4.78, 5) is 15.9. The number of hydrogen-bond donors (Lipinski definition) is 0. The van der Waals surface area contributed by atoms with Crippen molar-refractivity contribution in [3.8, 4) is 11.4 Å². The first-order chi connectivity index (χ1) is 14.1. The number of aryl methyl sites for hydroxylation is 2. The number of rotatable bonds is 5. The van der Waals surface area contributed by atoms with Gasteiger partial charge in [-0.2, -0.15) is 0 Å². The van der Waals surface area contributed by atoms with Crippen LogP contribution in [0.2, 0.25) is 0 Å². The molecule has 29 heavy (non-hydrogen) atoms. The summed E-state index contributed by atoms with van der Waals surface area (Å²) >= 11 is 3.30. The lowest BCUT2D eigenvalue weighted by Crippen LogP contribution is -2.21. The van der Waals surface area contributed by atoms with E-state index >= 15 is 0 Å². The van der Waals surface area contributed by atoms with E-state index in [1.54, 1.807) is 34.8 Å². The molecule has 0 fully saturated rings. The van der Waals surface area contributed by atoms with Crippen molar-refractivity contribution in [1.82, 2.24) is 19.2 Å². The first kappa shape index (κ1) is 18.4. The second-order valence-corrected chi connectivity index (χ2v) is 9.27. The van der Waals surface area contributed by atoms with E-state index < -0.39 is 0 Å². The molecule has 4 aromatic rings. The molecule has 0 aliphatic heterocycles. The van der Waals surface area contributed by atoms with Crippen LogP contribution < -0.4 is 10.3 Å². The minimum atomic E-state index is -0.0269. The summed E-state index contributed by atoms with van der Waals surface area (Å²) < 4.78 is 8.98. The molecule has 3 heterocycles. The molecule has 0 N–H and O–H groups in total. The van der Waals surface area contributed by atoms with Gasteiger partial charge >= 0.3 is 0 Å². The summed E-state index contributed by atoms with van der Waals surface area (Å²) in [5.41, 5.74) is 2.99. The molecule has 0 saturated heterocycles. The molecule has 1 aromatic carbocycles. The Morgan fingerprint density at radius 3 is 2.79 bits per heavy atom. The van der Waals surface area contributed by atoms with Gasteiger partial charge in [-0.3, -0.25) is 4.79 Å². The van der Waals surface area contributed by atoms with Crippen molar-refractivity contribution in [2.45, 2.75) is 31.3 Å². The fourth-order valence-electron chi connectivity index (χ4n) is 3.80. The molecule has 0 spiro atoms. The lowest BCUT2D eigenvalue weighted by molar-refractivity contribution is 0.414. The van der Waals surface area contributed by atoms with E-state index in [4.69, 9.17) is 4.74 Å². The highest BCUT2D eigenvalue weighted by molar-refractivity contribution is 7.99. The van der Waals surface area contributed by atoms with Gasteiger partial charge in [-0.25, -0.2) is 8.97 Å². The highest BCUT2D eigenvalue weighted by Crippen LogP contribution is 2.37. The summed E-state index contributed by atoms with van der Waals surface area (Å²) in [5, 5.41) is 10.4. The Morgan fingerprint density at radius 1 is 1.28 bits per heavy atom. The summed E-state index contributed by atoms with van der Waals surface area (Å²) in [6.07, 6.45) is 3.10.